The van der Waals surface area contributed by atoms with E-state index in [1.807, 2.05) is 24.3 Å². The van der Waals surface area contributed by atoms with Gasteiger partial charge >= 0.3 is 0 Å². The summed E-state index contributed by atoms with van der Waals surface area (Å²) in [7, 11) is 0. The van der Waals surface area contributed by atoms with E-state index in [4.69, 9.17) is 0 Å². The Kier molecular flexibility index (Phi) is 12.8. The number of nitrogens with one attached hydrogen (secondary N) is 1. The fraction of sp³-hybridized carbons (Fsp3) is 0.133. The van der Waals surface area contributed by atoms with E-state index in [2.05, 4.69) is 230 Å². The van der Waals surface area contributed by atoms with Gasteiger partial charge in [-0.05, 0) is 99.3 Å². The lowest BCUT2D eigenvalue weighted by Gasteiger charge is -2.22. The summed E-state index contributed by atoms with van der Waals surface area (Å²) >= 11 is 1.95. The van der Waals surface area contributed by atoms with Gasteiger partial charge in [-0.1, -0.05) is 199 Å². The summed E-state index contributed by atoms with van der Waals surface area (Å²) < 4.78 is 2.77. The van der Waals surface area contributed by atoms with Gasteiger partial charge in [0.05, 0.1) is 0 Å². The molecule has 8 aromatic rings. The Morgan fingerprint density at radius 1 is 0.532 bits per heavy atom. The summed E-state index contributed by atoms with van der Waals surface area (Å²) in [4.78, 5) is 0. The highest BCUT2D eigenvalue weighted by Gasteiger charge is 2.37. The molecule has 1 aromatic heterocycles. The zero-order chi connectivity index (χ0) is 44.0. The van der Waals surface area contributed by atoms with E-state index < -0.39 is 0 Å². The Morgan fingerprint density at radius 3 is 1.76 bits per heavy atom. The van der Waals surface area contributed by atoms with Crippen molar-refractivity contribution in [2.75, 3.05) is 5.32 Å². The summed E-state index contributed by atoms with van der Waals surface area (Å²) in [6.07, 6.45) is 17.6. The Bertz CT molecular complexity index is 2980. The van der Waals surface area contributed by atoms with E-state index in [1.165, 1.54) is 86.9 Å². The topological polar surface area (TPSA) is 12.0 Å². The molecule has 306 valence electrons. The molecule has 7 aromatic carbocycles. The van der Waals surface area contributed by atoms with E-state index in [9.17, 15) is 0 Å². The molecule has 0 radical (unpaired) electrons. The highest BCUT2D eigenvalue weighted by molar-refractivity contribution is 7.27. The summed E-state index contributed by atoms with van der Waals surface area (Å²) in [6.45, 7) is 20.2. The minimum Gasteiger partial charge on any atom is -0.356 e. The van der Waals surface area contributed by atoms with Gasteiger partial charge in [0.15, 0.2) is 0 Å². The molecule has 1 nitrogen and oxygen atoms in total. The van der Waals surface area contributed by atoms with Crippen LogP contribution in [0.1, 0.15) is 69.4 Å². The molecule has 0 atom stereocenters. The summed E-state index contributed by atoms with van der Waals surface area (Å²) in [5, 5.41) is 6.39. The maximum absolute atomic E-state index is 4.00. The van der Waals surface area contributed by atoms with Gasteiger partial charge in [0.2, 0.25) is 0 Å². The molecule has 62 heavy (non-hydrogen) atoms. The monoisotopic (exact) mass is 821 g/mol. The lowest BCUT2D eigenvalue weighted by atomic mass is 9.82. The van der Waals surface area contributed by atoms with Crippen molar-refractivity contribution in [2.45, 2.75) is 52.4 Å². The van der Waals surface area contributed by atoms with Crippen molar-refractivity contribution < 1.29 is 0 Å². The zero-order valence-electron chi connectivity index (χ0n) is 36.8. The number of anilines is 2. The molecule has 0 spiro atoms. The molecule has 1 heterocycles. The van der Waals surface area contributed by atoms with Gasteiger partial charge in [-0.3, -0.25) is 0 Å². The maximum Gasteiger partial charge on any atom is 0.0437 e. The minimum absolute atomic E-state index is 0.00560. The van der Waals surface area contributed by atoms with E-state index >= 15 is 0 Å². The van der Waals surface area contributed by atoms with E-state index in [-0.39, 0.29) is 10.8 Å². The predicted octanol–water partition coefficient (Wildman–Crippen LogP) is 17.4. The van der Waals surface area contributed by atoms with Gasteiger partial charge in [-0.15, -0.1) is 24.2 Å². The summed E-state index contributed by atoms with van der Waals surface area (Å²) in [6, 6.07) is 55.4. The molecular weight excluding hydrogens is 767 g/mol. The van der Waals surface area contributed by atoms with E-state index in [0.29, 0.717) is 0 Å². The molecule has 0 aliphatic heterocycles. The lowest BCUT2D eigenvalue weighted by Crippen LogP contribution is -2.15. The van der Waals surface area contributed by atoms with Gasteiger partial charge in [0, 0.05) is 47.9 Å². The molecule has 2 aliphatic carbocycles. The van der Waals surface area contributed by atoms with Gasteiger partial charge in [0.1, 0.15) is 0 Å². The van der Waals surface area contributed by atoms with Crippen LogP contribution in [0.3, 0.4) is 0 Å². The number of benzene rings is 7. The van der Waals surface area contributed by atoms with Crippen molar-refractivity contribution in [1.82, 2.24) is 0 Å². The number of terminal acetylenes is 1. The van der Waals surface area contributed by atoms with E-state index in [0.717, 1.165) is 11.4 Å². The largest absolute Gasteiger partial charge is 0.356 e. The number of thiophene rings is 1. The Balaban J connectivity index is 0.000000272. The van der Waals surface area contributed by atoms with E-state index in [1.54, 1.807) is 12.2 Å². The van der Waals surface area contributed by atoms with Crippen LogP contribution in [0.4, 0.5) is 11.4 Å². The first-order chi connectivity index (χ1) is 30.1. The van der Waals surface area contributed by atoms with Crippen LogP contribution in [-0.2, 0) is 10.8 Å². The highest BCUT2D eigenvalue weighted by atomic mass is 32.1. The van der Waals surface area contributed by atoms with Crippen LogP contribution >= 0.6 is 11.3 Å². The normalized spacial score (nSPS) is 13.5. The van der Waals surface area contributed by atoms with Crippen LogP contribution in [0.15, 0.2) is 195 Å². The van der Waals surface area contributed by atoms with Crippen LogP contribution in [0.25, 0.3) is 59.1 Å². The third-order valence-electron chi connectivity index (χ3n) is 12.2. The van der Waals surface area contributed by atoms with Crippen molar-refractivity contribution >= 4 is 48.5 Å². The third kappa shape index (κ3) is 7.89. The van der Waals surface area contributed by atoms with Crippen molar-refractivity contribution in [2.24, 2.45) is 0 Å². The number of fused-ring (bicyclic) bond motifs is 10. The molecule has 0 unspecified atom stereocenters. The number of rotatable bonds is 6. The highest BCUT2D eigenvalue weighted by Crippen LogP contribution is 2.54. The first-order valence-electron chi connectivity index (χ1n) is 21.2. The Hall–Kier alpha value is -6.92. The zero-order valence-corrected chi connectivity index (χ0v) is 37.6. The van der Waals surface area contributed by atoms with Crippen molar-refractivity contribution in [3.63, 3.8) is 0 Å². The molecule has 0 bridgehead atoms. The molecule has 0 fully saturated rings. The molecule has 10 rings (SSSR count). The van der Waals surface area contributed by atoms with Gasteiger partial charge in [0.25, 0.3) is 0 Å². The van der Waals surface area contributed by atoms with Gasteiger partial charge in [-0.2, -0.15) is 0 Å². The number of allylic oxidation sites excluding steroid dienone is 6. The second kappa shape index (κ2) is 18.4. The van der Waals surface area contributed by atoms with Crippen molar-refractivity contribution in [3.05, 3.63) is 223 Å². The molecule has 2 heteroatoms. The second-order valence-corrected chi connectivity index (χ2v) is 17.6. The SMILES string of the molecule is C#C.C/C=C\C(=C/C)c1ccccc1.C=CC=C.CC1(C)c2ccccc2-c2ccc(Nc3ccc(-c4cccc5c4sc4c6c(ccc45)C(C)(C)c4ccccc4-6)cc3)cc21. The van der Waals surface area contributed by atoms with Crippen LogP contribution < -0.4 is 5.32 Å². The number of hydrogen-bond acceptors (Lipinski definition) is 2. The molecular formula is C60H55NS. The summed E-state index contributed by atoms with van der Waals surface area (Å²) in [5.74, 6) is 0. The molecule has 0 saturated carbocycles. The average Bonchev–Trinajstić information content (AvgIpc) is 3.89. The number of hydrogen-bond donors (Lipinski definition) is 1. The summed E-state index contributed by atoms with van der Waals surface area (Å²) in [5.41, 5.74) is 18.5. The van der Waals surface area contributed by atoms with Crippen LogP contribution in [0.2, 0.25) is 0 Å². The quantitative estimate of drug-likeness (QED) is 0.130. The fourth-order valence-corrected chi connectivity index (χ4v) is 10.5. The molecule has 2 aliphatic rings. The molecule has 0 amide bonds. The standard InChI is InChI=1S/C42H33NS.C12H14.C4H6.C2H2/c1-41(2)35-15-8-6-11-33(35)38-36(41)23-22-32-31-13-9-12-28(39(31)44-40(32)38)25-16-18-26(19-17-25)43-27-20-21-30-29-10-5-7-14-34(29)42(3,4)37(30)24-27;1-3-8-11(4-2)12-9-6-5-7-10-12;1-3-4-2;1-2/h5-24,43H,1-4H3;3-10H,1-2H3;3-4H,1-2H2;1-2H/b;8-3-,11-4+;;. The second-order valence-electron chi connectivity index (χ2n) is 16.5. The van der Waals surface area contributed by atoms with Gasteiger partial charge < -0.3 is 5.32 Å². The molecule has 1 N–H and O–H groups in total. The Labute approximate surface area is 373 Å². The van der Waals surface area contributed by atoms with Crippen molar-refractivity contribution in [3.8, 4) is 46.2 Å². The fourth-order valence-electron chi connectivity index (χ4n) is 9.12. The average molecular weight is 822 g/mol. The van der Waals surface area contributed by atoms with Crippen LogP contribution in [0.5, 0.6) is 0 Å². The lowest BCUT2D eigenvalue weighted by molar-refractivity contribution is 0.660. The maximum atomic E-state index is 4.00. The predicted molar refractivity (Wildman–Crippen MR) is 275 cm³/mol. The third-order valence-corrected chi connectivity index (χ3v) is 13.5. The van der Waals surface area contributed by atoms with Crippen LogP contribution in [-0.4, -0.2) is 0 Å². The van der Waals surface area contributed by atoms with Crippen LogP contribution in [0, 0.1) is 12.8 Å². The first kappa shape index (κ1) is 43.2. The Morgan fingerprint density at radius 2 is 1.10 bits per heavy atom. The smallest absolute Gasteiger partial charge is 0.0437 e. The molecule has 0 saturated heterocycles. The van der Waals surface area contributed by atoms with Gasteiger partial charge in [-0.25, -0.2) is 0 Å². The van der Waals surface area contributed by atoms with Crippen molar-refractivity contribution in [1.29, 1.82) is 0 Å². The first-order valence-corrected chi connectivity index (χ1v) is 22.1. The minimum atomic E-state index is -0.00560.